The molecule has 1 N–H and O–H groups in total. The molecule has 0 radical (unpaired) electrons. The fourth-order valence-electron chi connectivity index (χ4n) is 5.85. The Morgan fingerprint density at radius 1 is 0.846 bits per heavy atom. The molecule has 1 aromatic heterocycles. The minimum atomic E-state index is -0.0275. The number of rotatable bonds is 3. The molecular weight excluding hydrogens is 318 g/mol. The average molecular weight is 356 g/mol. The van der Waals surface area contributed by atoms with E-state index in [1.54, 1.807) is 0 Å². The molecule has 3 nitrogen and oxygen atoms in total. The molecule has 1 aromatic rings. The van der Waals surface area contributed by atoms with Gasteiger partial charge in [-0.3, -0.25) is 0 Å². The molecule has 0 aromatic carbocycles. The van der Waals surface area contributed by atoms with Crippen molar-refractivity contribution in [2.75, 3.05) is 11.9 Å². The summed E-state index contributed by atoms with van der Waals surface area (Å²) in [5, 5.41) is 3.75. The van der Waals surface area contributed by atoms with E-state index in [-0.39, 0.29) is 10.8 Å². The van der Waals surface area contributed by atoms with Gasteiger partial charge in [-0.25, -0.2) is 9.97 Å². The Morgan fingerprint density at radius 2 is 1.42 bits per heavy atom. The molecular formula is C23H37N3. The van der Waals surface area contributed by atoms with E-state index in [0.29, 0.717) is 0 Å². The van der Waals surface area contributed by atoms with Crippen LogP contribution in [-0.2, 0) is 10.8 Å². The predicted molar refractivity (Wildman–Crippen MR) is 108 cm³/mol. The first-order chi connectivity index (χ1) is 12.1. The Balaban J connectivity index is 1.53. The molecule has 144 valence electrons. The summed E-state index contributed by atoms with van der Waals surface area (Å²) in [5.74, 6) is 6.87. The monoisotopic (exact) mass is 355 g/mol. The average Bonchev–Trinajstić information content (AvgIpc) is 2.51. The van der Waals surface area contributed by atoms with Gasteiger partial charge < -0.3 is 5.32 Å². The lowest BCUT2D eigenvalue weighted by Gasteiger charge is -2.54. The van der Waals surface area contributed by atoms with E-state index < -0.39 is 0 Å². The number of hydrogen-bond acceptors (Lipinski definition) is 3. The van der Waals surface area contributed by atoms with Gasteiger partial charge in [0.25, 0.3) is 0 Å². The smallest absolute Gasteiger partial charge is 0.136 e. The maximum absolute atomic E-state index is 4.90. The van der Waals surface area contributed by atoms with Crippen LogP contribution in [-0.4, -0.2) is 16.5 Å². The van der Waals surface area contributed by atoms with Crippen molar-refractivity contribution in [1.82, 2.24) is 9.97 Å². The lowest BCUT2D eigenvalue weighted by molar-refractivity contribution is -0.0305. The number of hydrogen-bond donors (Lipinski definition) is 1. The first-order valence-electron chi connectivity index (χ1n) is 10.7. The zero-order chi connectivity index (χ0) is 18.7. The summed E-state index contributed by atoms with van der Waals surface area (Å²) in [7, 11) is 0. The maximum Gasteiger partial charge on any atom is 0.136 e. The second kappa shape index (κ2) is 6.21. The molecule has 4 saturated carbocycles. The van der Waals surface area contributed by atoms with Crippen molar-refractivity contribution in [2.45, 2.75) is 84.5 Å². The highest BCUT2D eigenvalue weighted by atomic mass is 15.0. The van der Waals surface area contributed by atoms with Gasteiger partial charge in [-0.15, -0.1) is 0 Å². The van der Waals surface area contributed by atoms with E-state index in [0.717, 1.165) is 53.5 Å². The SMILES string of the molecule is CC(C)(C)c1cc(NCC2C3CC4CC(C3)CC2C4)nc(C(C)(C)C)n1. The zero-order valence-electron chi connectivity index (χ0n) is 17.6. The van der Waals surface area contributed by atoms with Gasteiger partial charge in [0.2, 0.25) is 0 Å². The van der Waals surface area contributed by atoms with Crippen LogP contribution in [0.25, 0.3) is 0 Å². The summed E-state index contributed by atoms with van der Waals surface area (Å²) in [6.45, 7) is 14.4. The van der Waals surface area contributed by atoms with Crippen LogP contribution in [0, 0.1) is 29.6 Å². The van der Waals surface area contributed by atoms with Gasteiger partial charge in [-0.1, -0.05) is 41.5 Å². The van der Waals surface area contributed by atoms with Gasteiger partial charge in [-0.05, 0) is 61.7 Å². The van der Waals surface area contributed by atoms with E-state index in [2.05, 4.69) is 52.9 Å². The van der Waals surface area contributed by atoms with Crippen molar-refractivity contribution in [3.8, 4) is 0 Å². The Labute approximate surface area is 159 Å². The summed E-state index contributed by atoms with van der Waals surface area (Å²) in [6.07, 6.45) is 7.49. The summed E-state index contributed by atoms with van der Waals surface area (Å²) < 4.78 is 0. The van der Waals surface area contributed by atoms with E-state index >= 15 is 0 Å². The standard InChI is InChI=1S/C23H37N3/c1-22(2,3)19-12-20(26-21(25-19)23(4,5)6)24-13-18-16-8-14-7-15(10-16)11-17(18)9-14/h12,14-18H,7-11,13H2,1-6H3,(H,24,25,26). The molecule has 4 bridgehead atoms. The molecule has 4 aliphatic rings. The van der Waals surface area contributed by atoms with Crippen molar-refractivity contribution >= 4 is 5.82 Å². The quantitative estimate of drug-likeness (QED) is 0.772. The van der Waals surface area contributed by atoms with Crippen molar-refractivity contribution in [2.24, 2.45) is 29.6 Å². The molecule has 3 heteroatoms. The second-order valence-corrected chi connectivity index (χ2v) is 11.4. The largest absolute Gasteiger partial charge is 0.370 e. The Morgan fingerprint density at radius 3 is 1.92 bits per heavy atom. The highest BCUT2D eigenvalue weighted by molar-refractivity contribution is 5.39. The number of nitrogens with zero attached hydrogens (tertiary/aromatic N) is 2. The fourth-order valence-corrected chi connectivity index (χ4v) is 5.85. The molecule has 4 fully saturated rings. The molecule has 0 spiro atoms. The highest BCUT2D eigenvalue weighted by Crippen LogP contribution is 2.56. The number of nitrogens with one attached hydrogen (secondary N) is 1. The third-order valence-corrected chi connectivity index (χ3v) is 7.11. The second-order valence-electron chi connectivity index (χ2n) is 11.4. The molecule has 26 heavy (non-hydrogen) atoms. The Bertz CT molecular complexity index is 605. The Kier molecular flexibility index (Phi) is 4.36. The molecule has 0 atom stereocenters. The lowest BCUT2D eigenvalue weighted by Crippen LogP contribution is -2.47. The Hall–Kier alpha value is -1.12. The summed E-state index contributed by atoms with van der Waals surface area (Å²) in [5.41, 5.74) is 1.16. The summed E-state index contributed by atoms with van der Waals surface area (Å²) >= 11 is 0. The van der Waals surface area contributed by atoms with Gasteiger partial charge in [0.15, 0.2) is 0 Å². The third-order valence-electron chi connectivity index (χ3n) is 7.11. The van der Waals surface area contributed by atoms with Crippen LogP contribution in [0.4, 0.5) is 5.82 Å². The topological polar surface area (TPSA) is 37.8 Å². The van der Waals surface area contributed by atoms with Gasteiger partial charge in [-0.2, -0.15) is 0 Å². The minimum Gasteiger partial charge on any atom is -0.370 e. The van der Waals surface area contributed by atoms with Crippen LogP contribution < -0.4 is 5.32 Å². The lowest BCUT2D eigenvalue weighted by atomic mass is 9.52. The van der Waals surface area contributed by atoms with Crippen LogP contribution in [0.5, 0.6) is 0 Å². The minimum absolute atomic E-state index is 0.0275. The number of aromatic nitrogens is 2. The van der Waals surface area contributed by atoms with Gasteiger partial charge in [0, 0.05) is 23.4 Å². The molecule has 4 aliphatic carbocycles. The van der Waals surface area contributed by atoms with E-state index in [1.807, 2.05) is 0 Å². The van der Waals surface area contributed by atoms with Crippen LogP contribution in [0.2, 0.25) is 0 Å². The van der Waals surface area contributed by atoms with E-state index in [1.165, 1.54) is 32.1 Å². The van der Waals surface area contributed by atoms with Crippen molar-refractivity contribution in [3.05, 3.63) is 17.6 Å². The first kappa shape index (κ1) is 18.3. The van der Waals surface area contributed by atoms with Crippen LogP contribution in [0.3, 0.4) is 0 Å². The molecule has 0 amide bonds. The summed E-state index contributed by atoms with van der Waals surface area (Å²) in [6, 6.07) is 2.19. The van der Waals surface area contributed by atoms with Crippen LogP contribution >= 0.6 is 0 Å². The predicted octanol–water partition coefficient (Wildman–Crippen LogP) is 5.56. The van der Waals surface area contributed by atoms with Crippen molar-refractivity contribution in [1.29, 1.82) is 0 Å². The van der Waals surface area contributed by atoms with Gasteiger partial charge in [0.1, 0.15) is 11.6 Å². The maximum atomic E-state index is 4.90. The van der Waals surface area contributed by atoms with Crippen molar-refractivity contribution in [3.63, 3.8) is 0 Å². The molecule has 5 rings (SSSR count). The van der Waals surface area contributed by atoms with Crippen LogP contribution in [0.15, 0.2) is 6.07 Å². The van der Waals surface area contributed by atoms with E-state index in [4.69, 9.17) is 9.97 Å². The van der Waals surface area contributed by atoms with Crippen LogP contribution in [0.1, 0.15) is 85.2 Å². The molecule has 0 aliphatic heterocycles. The normalized spacial score (nSPS) is 33.5. The zero-order valence-corrected chi connectivity index (χ0v) is 17.6. The summed E-state index contributed by atoms with van der Waals surface area (Å²) in [4.78, 5) is 9.79. The number of anilines is 1. The fraction of sp³-hybridized carbons (Fsp3) is 0.826. The molecule has 1 heterocycles. The van der Waals surface area contributed by atoms with Crippen molar-refractivity contribution < 1.29 is 0 Å². The third kappa shape index (κ3) is 3.51. The van der Waals surface area contributed by atoms with Gasteiger partial charge in [0.05, 0.1) is 5.69 Å². The highest BCUT2D eigenvalue weighted by Gasteiger charge is 2.47. The van der Waals surface area contributed by atoms with E-state index in [9.17, 15) is 0 Å². The van der Waals surface area contributed by atoms with Gasteiger partial charge >= 0.3 is 0 Å². The molecule has 0 unspecified atom stereocenters. The molecule has 0 saturated heterocycles. The first-order valence-corrected chi connectivity index (χ1v) is 10.7.